The fourth-order valence-electron chi connectivity index (χ4n) is 1.05. The Kier molecular flexibility index (Phi) is 7.51. The SMILES string of the molecule is CCCCOC(C)C(C)NCC. The monoisotopic (exact) mass is 173 g/mol. The highest BCUT2D eigenvalue weighted by Crippen LogP contribution is 1.99. The van der Waals surface area contributed by atoms with E-state index in [1.165, 1.54) is 12.8 Å². The lowest BCUT2D eigenvalue weighted by Gasteiger charge is -2.20. The van der Waals surface area contributed by atoms with Crippen molar-refractivity contribution in [2.45, 2.75) is 52.7 Å². The molecule has 2 heteroatoms. The van der Waals surface area contributed by atoms with Gasteiger partial charge in [0.15, 0.2) is 0 Å². The van der Waals surface area contributed by atoms with Gasteiger partial charge in [0, 0.05) is 12.6 Å². The molecule has 0 saturated carbocycles. The van der Waals surface area contributed by atoms with Crippen LogP contribution < -0.4 is 5.32 Å². The van der Waals surface area contributed by atoms with Crippen LogP contribution in [0.15, 0.2) is 0 Å². The summed E-state index contributed by atoms with van der Waals surface area (Å²) in [5, 5.41) is 3.35. The summed E-state index contributed by atoms with van der Waals surface area (Å²) in [5.74, 6) is 0. The summed E-state index contributed by atoms with van der Waals surface area (Å²) in [6.45, 7) is 10.5. The van der Waals surface area contributed by atoms with Crippen LogP contribution in [0.25, 0.3) is 0 Å². The second kappa shape index (κ2) is 7.56. The Morgan fingerprint density at radius 1 is 1.25 bits per heavy atom. The second-order valence-corrected chi connectivity index (χ2v) is 3.28. The minimum absolute atomic E-state index is 0.330. The summed E-state index contributed by atoms with van der Waals surface area (Å²) in [7, 11) is 0. The van der Waals surface area contributed by atoms with Gasteiger partial charge in [-0.2, -0.15) is 0 Å². The Balaban J connectivity index is 3.35. The van der Waals surface area contributed by atoms with Crippen LogP contribution in [0.1, 0.15) is 40.5 Å². The van der Waals surface area contributed by atoms with Crippen molar-refractivity contribution in [1.82, 2.24) is 5.32 Å². The molecule has 0 aliphatic heterocycles. The molecular formula is C10H23NO. The van der Waals surface area contributed by atoms with Gasteiger partial charge in [-0.1, -0.05) is 20.3 Å². The van der Waals surface area contributed by atoms with Gasteiger partial charge in [0.25, 0.3) is 0 Å². The smallest absolute Gasteiger partial charge is 0.0697 e. The molecule has 12 heavy (non-hydrogen) atoms. The Hall–Kier alpha value is -0.0800. The molecule has 0 rings (SSSR count). The molecule has 1 N–H and O–H groups in total. The van der Waals surface area contributed by atoms with Gasteiger partial charge in [-0.15, -0.1) is 0 Å². The number of unbranched alkanes of at least 4 members (excludes halogenated alkanes) is 1. The van der Waals surface area contributed by atoms with E-state index < -0.39 is 0 Å². The van der Waals surface area contributed by atoms with Crippen molar-refractivity contribution in [3.8, 4) is 0 Å². The van der Waals surface area contributed by atoms with E-state index in [1.807, 2.05) is 0 Å². The molecule has 0 aliphatic carbocycles. The zero-order valence-corrected chi connectivity index (χ0v) is 8.89. The zero-order valence-electron chi connectivity index (χ0n) is 8.89. The minimum Gasteiger partial charge on any atom is -0.377 e. The van der Waals surface area contributed by atoms with E-state index >= 15 is 0 Å². The van der Waals surface area contributed by atoms with Crippen molar-refractivity contribution in [3.63, 3.8) is 0 Å². The fraction of sp³-hybridized carbons (Fsp3) is 1.00. The standard InChI is InChI=1S/C10H23NO/c1-5-7-8-12-10(4)9(3)11-6-2/h9-11H,5-8H2,1-4H3. The second-order valence-electron chi connectivity index (χ2n) is 3.28. The van der Waals surface area contributed by atoms with Crippen molar-refractivity contribution in [2.24, 2.45) is 0 Å². The number of hydrogen-bond acceptors (Lipinski definition) is 2. The van der Waals surface area contributed by atoms with Crippen LogP contribution in [-0.2, 0) is 4.74 Å². The van der Waals surface area contributed by atoms with Crippen LogP contribution in [0.3, 0.4) is 0 Å². The van der Waals surface area contributed by atoms with Crippen LogP contribution in [0.2, 0.25) is 0 Å². The fourth-order valence-corrected chi connectivity index (χ4v) is 1.05. The van der Waals surface area contributed by atoms with Crippen LogP contribution in [-0.4, -0.2) is 25.3 Å². The van der Waals surface area contributed by atoms with Crippen molar-refractivity contribution in [2.75, 3.05) is 13.2 Å². The lowest BCUT2D eigenvalue weighted by Crippen LogP contribution is -2.37. The molecule has 2 atom stereocenters. The van der Waals surface area contributed by atoms with Gasteiger partial charge in [-0.3, -0.25) is 0 Å². The van der Waals surface area contributed by atoms with E-state index in [1.54, 1.807) is 0 Å². The van der Waals surface area contributed by atoms with Gasteiger partial charge in [0.1, 0.15) is 0 Å². The lowest BCUT2D eigenvalue weighted by molar-refractivity contribution is 0.0420. The third-order valence-electron chi connectivity index (χ3n) is 2.11. The molecule has 0 aromatic carbocycles. The molecule has 0 aliphatic rings. The van der Waals surface area contributed by atoms with Crippen LogP contribution in [0.5, 0.6) is 0 Å². The number of rotatable bonds is 7. The first-order valence-corrected chi connectivity index (χ1v) is 5.07. The maximum absolute atomic E-state index is 5.63. The third-order valence-corrected chi connectivity index (χ3v) is 2.11. The van der Waals surface area contributed by atoms with Crippen molar-refractivity contribution in [1.29, 1.82) is 0 Å². The van der Waals surface area contributed by atoms with Crippen LogP contribution in [0.4, 0.5) is 0 Å². The average molecular weight is 173 g/mol. The highest BCUT2D eigenvalue weighted by molar-refractivity contribution is 4.66. The Morgan fingerprint density at radius 2 is 1.92 bits per heavy atom. The minimum atomic E-state index is 0.330. The van der Waals surface area contributed by atoms with Crippen LogP contribution in [0, 0.1) is 0 Å². The van der Waals surface area contributed by atoms with Gasteiger partial charge in [-0.25, -0.2) is 0 Å². The molecule has 0 radical (unpaired) electrons. The molecule has 2 unspecified atom stereocenters. The molecule has 0 fully saturated rings. The van der Waals surface area contributed by atoms with Gasteiger partial charge in [-0.05, 0) is 26.8 Å². The molecule has 0 bridgehead atoms. The predicted molar refractivity (Wildman–Crippen MR) is 53.5 cm³/mol. The Labute approximate surface area is 76.7 Å². The normalized spacial score (nSPS) is 16.0. The van der Waals surface area contributed by atoms with Crippen molar-refractivity contribution < 1.29 is 4.74 Å². The van der Waals surface area contributed by atoms with Gasteiger partial charge >= 0.3 is 0 Å². The Morgan fingerprint density at radius 3 is 2.42 bits per heavy atom. The topological polar surface area (TPSA) is 21.3 Å². The summed E-state index contributed by atoms with van der Waals surface area (Å²) in [6.07, 6.45) is 2.71. The summed E-state index contributed by atoms with van der Waals surface area (Å²) in [6, 6.07) is 0.465. The van der Waals surface area contributed by atoms with Gasteiger partial charge in [0.2, 0.25) is 0 Å². The number of nitrogens with one attached hydrogen (secondary N) is 1. The molecule has 0 aromatic heterocycles. The average Bonchev–Trinajstić information content (AvgIpc) is 2.05. The van der Waals surface area contributed by atoms with E-state index in [2.05, 4.69) is 33.0 Å². The van der Waals surface area contributed by atoms with Crippen molar-refractivity contribution >= 4 is 0 Å². The van der Waals surface area contributed by atoms with E-state index in [0.29, 0.717) is 12.1 Å². The van der Waals surface area contributed by atoms with E-state index in [-0.39, 0.29) is 0 Å². The van der Waals surface area contributed by atoms with Crippen LogP contribution >= 0.6 is 0 Å². The highest BCUT2D eigenvalue weighted by Gasteiger charge is 2.09. The van der Waals surface area contributed by atoms with Crippen molar-refractivity contribution in [3.05, 3.63) is 0 Å². The summed E-state index contributed by atoms with van der Waals surface area (Å²) < 4.78 is 5.63. The molecule has 0 saturated heterocycles. The van der Waals surface area contributed by atoms with Gasteiger partial charge < -0.3 is 10.1 Å². The number of hydrogen-bond donors (Lipinski definition) is 1. The third kappa shape index (κ3) is 5.56. The maximum Gasteiger partial charge on any atom is 0.0697 e. The first-order valence-electron chi connectivity index (χ1n) is 5.07. The predicted octanol–water partition coefficient (Wildman–Crippen LogP) is 2.19. The molecule has 0 amide bonds. The molecule has 74 valence electrons. The first kappa shape index (κ1) is 11.9. The molecule has 0 spiro atoms. The quantitative estimate of drug-likeness (QED) is 0.596. The largest absolute Gasteiger partial charge is 0.377 e. The van der Waals surface area contributed by atoms with Gasteiger partial charge in [0.05, 0.1) is 6.10 Å². The molecule has 0 aromatic rings. The number of ether oxygens (including phenoxy) is 1. The van der Waals surface area contributed by atoms with E-state index in [4.69, 9.17) is 4.74 Å². The Bertz CT molecular complexity index is 95.8. The number of likely N-dealkylation sites (N-methyl/N-ethyl adjacent to an activating group) is 1. The summed E-state index contributed by atoms with van der Waals surface area (Å²) in [4.78, 5) is 0. The summed E-state index contributed by atoms with van der Waals surface area (Å²) >= 11 is 0. The highest BCUT2D eigenvalue weighted by atomic mass is 16.5. The van der Waals surface area contributed by atoms with E-state index in [0.717, 1.165) is 13.2 Å². The van der Waals surface area contributed by atoms with E-state index in [9.17, 15) is 0 Å². The molecular weight excluding hydrogens is 150 g/mol. The molecule has 2 nitrogen and oxygen atoms in total. The summed E-state index contributed by atoms with van der Waals surface area (Å²) in [5.41, 5.74) is 0. The first-order chi connectivity index (χ1) is 5.72. The maximum atomic E-state index is 5.63. The molecule has 0 heterocycles. The lowest BCUT2D eigenvalue weighted by atomic mass is 10.2. The zero-order chi connectivity index (χ0) is 9.40.